The van der Waals surface area contributed by atoms with Crippen LogP contribution >= 0.6 is 15.9 Å². The summed E-state index contributed by atoms with van der Waals surface area (Å²) in [5, 5.41) is 35.0. The second kappa shape index (κ2) is 12.5. The van der Waals surface area contributed by atoms with Crippen LogP contribution in [0.2, 0.25) is 0 Å². The molecule has 0 radical (unpaired) electrons. The Labute approximate surface area is 305 Å². The largest absolute Gasteiger partial charge is 0.507 e. The van der Waals surface area contributed by atoms with Crippen molar-refractivity contribution < 1.29 is 53.4 Å². The number of methoxy groups -OCH3 is 3. The Morgan fingerprint density at radius 3 is 2.10 bits per heavy atom. The van der Waals surface area contributed by atoms with Crippen LogP contribution in [0.15, 0.2) is 59.1 Å². The molecule has 5 aromatic rings. The number of carbonyl (C=O) groups is 4. The molecule has 0 saturated carbocycles. The third kappa shape index (κ3) is 5.37. The van der Waals surface area contributed by atoms with Crippen LogP contribution in [0.25, 0.3) is 21.9 Å². The first-order chi connectivity index (χ1) is 24.7. The van der Waals surface area contributed by atoms with Crippen LogP contribution < -0.4 is 18.9 Å². The van der Waals surface area contributed by atoms with Crippen molar-refractivity contribution >= 4 is 50.0 Å². The lowest BCUT2D eigenvalue weighted by atomic mass is 9.72. The highest BCUT2D eigenvalue weighted by Gasteiger charge is 2.43. The van der Waals surface area contributed by atoms with Gasteiger partial charge in [0.05, 0.1) is 54.6 Å². The molecule has 5 aromatic carbocycles. The minimum atomic E-state index is -1.61. The molecule has 0 fully saturated rings. The lowest BCUT2D eigenvalue weighted by molar-refractivity contribution is 0.0409. The topological polar surface area (TPSA) is 166 Å². The van der Waals surface area contributed by atoms with Crippen LogP contribution in [0.1, 0.15) is 77.0 Å². The molecular formula is C40H31BrO11. The highest BCUT2D eigenvalue weighted by Crippen LogP contribution is 2.54. The number of carbonyl (C=O) groups excluding carboxylic acids is 4. The molecule has 1 atom stereocenters. The van der Waals surface area contributed by atoms with E-state index in [1.165, 1.54) is 58.6 Å². The van der Waals surface area contributed by atoms with E-state index in [4.69, 9.17) is 18.9 Å². The van der Waals surface area contributed by atoms with E-state index < -0.39 is 46.0 Å². The number of phenols is 2. The molecule has 0 aliphatic heterocycles. The van der Waals surface area contributed by atoms with Crippen molar-refractivity contribution in [1.82, 2.24) is 0 Å². The van der Waals surface area contributed by atoms with E-state index in [9.17, 15) is 34.5 Å². The number of aromatic hydroxyl groups is 2. The summed E-state index contributed by atoms with van der Waals surface area (Å²) < 4.78 is 23.4. The maximum absolute atomic E-state index is 14.9. The first-order valence-corrected chi connectivity index (χ1v) is 16.8. The molecule has 264 valence electrons. The van der Waals surface area contributed by atoms with E-state index in [1.54, 1.807) is 25.1 Å². The van der Waals surface area contributed by atoms with Gasteiger partial charge in [0, 0.05) is 51.5 Å². The zero-order valence-corrected chi connectivity index (χ0v) is 30.2. The highest BCUT2D eigenvalue weighted by atomic mass is 79.9. The van der Waals surface area contributed by atoms with Crippen molar-refractivity contribution in [3.8, 4) is 45.6 Å². The number of ether oxygens (including phenoxy) is 4. The predicted octanol–water partition coefficient (Wildman–Crippen LogP) is 6.89. The van der Waals surface area contributed by atoms with Crippen molar-refractivity contribution in [2.45, 2.75) is 32.3 Å². The molecule has 7 rings (SSSR count). The number of esters is 1. The summed E-state index contributed by atoms with van der Waals surface area (Å²) in [5.41, 5.74) is -1.77. The van der Waals surface area contributed by atoms with E-state index in [0.29, 0.717) is 10.0 Å². The molecular weight excluding hydrogens is 736 g/mol. The van der Waals surface area contributed by atoms with E-state index >= 15 is 0 Å². The van der Waals surface area contributed by atoms with Gasteiger partial charge in [-0.3, -0.25) is 14.4 Å². The zero-order valence-electron chi connectivity index (χ0n) is 28.6. The van der Waals surface area contributed by atoms with Gasteiger partial charge < -0.3 is 34.3 Å². The molecule has 0 unspecified atom stereocenters. The minimum Gasteiger partial charge on any atom is -0.507 e. The van der Waals surface area contributed by atoms with E-state index in [2.05, 4.69) is 15.9 Å². The number of ketones is 3. The molecule has 11 nitrogen and oxygen atoms in total. The van der Waals surface area contributed by atoms with Crippen LogP contribution in [0.4, 0.5) is 0 Å². The molecule has 0 bridgehead atoms. The minimum absolute atomic E-state index is 0.0263. The Bertz CT molecular complexity index is 2430. The molecule has 0 aromatic heterocycles. The number of benzene rings is 5. The molecule has 52 heavy (non-hydrogen) atoms. The van der Waals surface area contributed by atoms with Crippen molar-refractivity contribution in [3.63, 3.8) is 0 Å². The average molecular weight is 768 g/mol. The summed E-state index contributed by atoms with van der Waals surface area (Å²) >= 11 is 3.34. The van der Waals surface area contributed by atoms with Gasteiger partial charge >= 0.3 is 5.97 Å². The number of Topliss-reactive ketones (excluding diaryl/α,β-unsaturated/α-hetero) is 1. The molecule has 0 heterocycles. The molecule has 0 amide bonds. The van der Waals surface area contributed by atoms with Crippen molar-refractivity contribution in [2.75, 3.05) is 21.3 Å². The summed E-state index contributed by atoms with van der Waals surface area (Å²) in [6.07, 6.45) is -0.534. The Morgan fingerprint density at radius 1 is 0.750 bits per heavy atom. The van der Waals surface area contributed by atoms with Crippen LogP contribution in [-0.2, 0) is 6.42 Å². The first kappa shape index (κ1) is 34.7. The standard InChI is InChI=1S/C40H31BrO11/c1-17-10-22-32(26(11-17)50-4)38(46)33-24(42)14-28(52-39(47)18-6-8-19(41)9-7-18)34(35(33)36(22)44)29-21-12-20(49-3)13-27(51-5)31(21)37(45)30-23(29)15-40(2,48)16-25(30)43/h6-14,42,45,48H,15-16H2,1-5H3/t40-/m1/s1. The number of hydrogen-bond acceptors (Lipinski definition) is 11. The van der Waals surface area contributed by atoms with Gasteiger partial charge in [0.25, 0.3) is 0 Å². The van der Waals surface area contributed by atoms with Crippen molar-refractivity contribution in [3.05, 3.63) is 104 Å². The fraction of sp³-hybridized carbons (Fsp3) is 0.200. The van der Waals surface area contributed by atoms with Gasteiger partial charge in [-0.2, -0.15) is 0 Å². The van der Waals surface area contributed by atoms with Gasteiger partial charge in [-0.25, -0.2) is 4.79 Å². The Hall–Kier alpha value is -5.72. The highest BCUT2D eigenvalue weighted by molar-refractivity contribution is 9.10. The van der Waals surface area contributed by atoms with E-state index in [0.717, 1.165) is 6.07 Å². The molecule has 2 aliphatic rings. The maximum atomic E-state index is 14.9. The number of halogens is 1. The van der Waals surface area contributed by atoms with Crippen molar-refractivity contribution in [2.24, 2.45) is 0 Å². The first-order valence-electron chi connectivity index (χ1n) is 16.0. The van der Waals surface area contributed by atoms with Gasteiger partial charge in [0.1, 0.15) is 34.5 Å². The van der Waals surface area contributed by atoms with Gasteiger partial charge in [-0.05, 0) is 73.0 Å². The number of aryl methyl sites for hydroxylation is 1. The number of hydrogen-bond donors (Lipinski definition) is 3. The number of phenolic OH excluding ortho intramolecular Hbond substituents is 2. The average Bonchev–Trinajstić information content (AvgIpc) is 3.09. The van der Waals surface area contributed by atoms with E-state index in [1.807, 2.05) is 0 Å². The fourth-order valence-corrected chi connectivity index (χ4v) is 7.53. The number of rotatable bonds is 6. The monoisotopic (exact) mass is 766 g/mol. The van der Waals surface area contributed by atoms with Gasteiger partial charge in [-0.15, -0.1) is 0 Å². The maximum Gasteiger partial charge on any atom is 0.343 e. The van der Waals surface area contributed by atoms with Gasteiger partial charge in [-0.1, -0.05) is 15.9 Å². The quantitative estimate of drug-likeness (QED) is 0.119. The lowest BCUT2D eigenvalue weighted by Crippen LogP contribution is -2.36. The predicted molar refractivity (Wildman–Crippen MR) is 193 cm³/mol. The lowest BCUT2D eigenvalue weighted by Gasteiger charge is -2.33. The number of aliphatic hydroxyl groups is 1. The van der Waals surface area contributed by atoms with Crippen molar-refractivity contribution in [1.29, 1.82) is 0 Å². The van der Waals surface area contributed by atoms with Crippen LogP contribution in [0.3, 0.4) is 0 Å². The SMILES string of the molecule is COc1cc(OC)c2c(O)c3c(c(-c4c(OC(=O)c5ccc(Br)cc5)cc(O)c5c4C(=O)c4cc(C)cc(OC)c4C5=O)c2c1)C[C@@](C)(O)CC3=O. The molecule has 0 saturated heterocycles. The Balaban J connectivity index is 1.68. The molecule has 12 heteroatoms. The normalized spacial score (nSPS) is 16.2. The zero-order chi connectivity index (χ0) is 37.4. The second-order valence-electron chi connectivity index (χ2n) is 13.1. The fourth-order valence-electron chi connectivity index (χ4n) is 7.27. The Morgan fingerprint density at radius 2 is 1.44 bits per heavy atom. The summed E-state index contributed by atoms with van der Waals surface area (Å²) in [4.78, 5) is 56.9. The third-order valence-electron chi connectivity index (χ3n) is 9.45. The van der Waals surface area contributed by atoms with Crippen LogP contribution in [0.5, 0.6) is 34.5 Å². The van der Waals surface area contributed by atoms with Gasteiger partial charge in [0.15, 0.2) is 11.6 Å². The summed E-state index contributed by atoms with van der Waals surface area (Å²) in [5.74, 6) is -3.84. The Kier molecular flexibility index (Phi) is 8.34. The van der Waals surface area contributed by atoms with Crippen LogP contribution in [-0.4, -0.2) is 65.6 Å². The number of fused-ring (bicyclic) bond motifs is 4. The second-order valence-corrected chi connectivity index (χ2v) is 14.0. The van der Waals surface area contributed by atoms with E-state index in [-0.39, 0.29) is 91.1 Å². The van der Waals surface area contributed by atoms with Gasteiger partial charge in [0.2, 0.25) is 5.78 Å². The molecule has 2 aliphatic carbocycles. The van der Waals surface area contributed by atoms with Crippen LogP contribution in [0, 0.1) is 6.92 Å². The summed E-state index contributed by atoms with van der Waals surface area (Å²) in [6, 6.07) is 13.5. The third-order valence-corrected chi connectivity index (χ3v) is 9.98. The molecule has 3 N–H and O–H groups in total. The molecule has 0 spiro atoms. The summed E-state index contributed by atoms with van der Waals surface area (Å²) in [7, 11) is 4.13. The smallest absolute Gasteiger partial charge is 0.343 e. The summed E-state index contributed by atoms with van der Waals surface area (Å²) in [6.45, 7) is 3.19.